The Labute approximate surface area is 175 Å². The highest BCUT2D eigenvalue weighted by molar-refractivity contribution is 14.0. The molecule has 146 valence electrons. The lowest BCUT2D eigenvalue weighted by Gasteiger charge is -2.28. The van der Waals surface area contributed by atoms with E-state index in [-0.39, 0.29) is 29.4 Å². The number of aryl methyl sites for hydroxylation is 1. The zero-order valence-electron chi connectivity index (χ0n) is 16.7. The maximum Gasteiger partial charge on any atom is 0.193 e. The molecule has 1 spiro atoms. The Bertz CT molecular complexity index is 623. The van der Waals surface area contributed by atoms with Crippen LogP contribution in [0.3, 0.4) is 0 Å². The smallest absolute Gasteiger partial charge is 0.193 e. The molecule has 0 aromatic heterocycles. The summed E-state index contributed by atoms with van der Waals surface area (Å²) in [5.74, 6) is 1.06. The summed E-state index contributed by atoms with van der Waals surface area (Å²) in [5.41, 5.74) is 3.06. The maximum absolute atomic E-state index is 5.67. The Morgan fingerprint density at radius 1 is 1.35 bits per heavy atom. The van der Waals surface area contributed by atoms with Gasteiger partial charge in [0.1, 0.15) is 0 Å². The Kier molecular flexibility index (Phi) is 7.36. The van der Waals surface area contributed by atoms with Gasteiger partial charge >= 0.3 is 0 Å². The number of aliphatic imine (C=N–C) groups is 1. The molecule has 0 amide bonds. The Hall–Kier alpha value is -0.820. The van der Waals surface area contributed by atoms with Crippen LogP contribution in [0.25, 0.3) is 0 Å². The topological polar surface area (TPSA) is 36.9 Å². The maximum atomic E-state index is 5.67. The van der Waals surface area contributed by atoms with Crippen molar-refractivity contribution in [1.29, 1.82) is 0 Å². The fourth-order valence-corrected chi connectivity index (χ4v) is 3.94. The van der Waals surface area contributed by atoms with Gasteiger partial charge in [-0.2, -0.15) is 0 Å². The molecule has 4 nitrogen and oxygen atoms in total. The number of halogens is 1. The van der Waals surface area contributed by atoms with E-state index in [0.29, 0.717) is 5.41 Å². The van der Waals surface area contributed by atoms with Gasteiger partial charge in [-0.15, -0.1) is 24.0 Å². The van der Waals surface area contributed by atoms with Gasteiger partial charge in [0.25, 0.3) is 0 Å². The predicted molar refractivity (Wildman–Crippen MR) is 120 cm³/mol. The second-order valence-corrected chi connectivity index (χ2v) is 8.40. The van der Waals surface area contributed by atoms with Crippen LogP contribution in [0.15, 0.2) is 29.3 Å². The van der Waals surface area contributed by atoms with Crippen LogP contribution in [-0.2, 0) is 10.2 Å². The summed E-state index contributed by atoms with van der Waals surface area (Å²) in [6.45, 7) is 14.5. The van der Waals surface area contributed by atoms with Gasteiger partial charge in [0.05, 0.1) is 13.2 Å². The van der Waals surface area contributed by atoms with Gasteiger partial charge in [0.15, 0.2) is 5.96 Å². The van der Waals surface area contributed by atoms with E-state index in [0.717, 1.165) is 45.4 Å². The molecule has 0 aliphatic carbocycles. The van der Waals surface area contributed by atoms with Gasteiger partial charge in [-0.25, -0.2) is 0 Å². The molecule has 0 bridgehead atoms. The molecule has 1 N–H and O–H groups in total. The second kappa shape index (κ2) is 8.91. The first kappa shape index (κ1) is 21.5. The van der Waals surface area contributed by atoms with E-state index in [1.807, 2.05) is 0 Å². The zero-order chi connectivity index (χ0) is 17.9. The molecule has 0 saturated carbocycles. The molecule has 2 aliphatic rings. The molecule has 1 aromatic rings. The molecule has 1 unspecified atom stereocenters. The average Bonchev–Trinajstić information content (AvgIpc) is 3.22. The lowest BCUT2D eigenvalue weighted by atomic mass is 9.84. The predicted octanol–water partition coefficient (Wildman–Crippen LogP) is 3.97. The van der Waals surface area contributed by atoms with Crippen LogP contribution in [-0.4, -0.2) is 50.3 Å². The number of guanidine groups is 1. The summed E-state index contributed by atoms with van der Waals surface area (Å²) in [7, 11) is 0. The summed E-state index contributed by atoms with van der Waals surface area (Å²) in [4.78, 5) is 7.45. The van der Waals surface area contributed by atoms with Gasteiger partial charge in [-0.3, -0.25) is 4.99 Å². The summed E-state index contributed by atoms with van der Waals surface area (Å²) in [5, 5.41) is 3.50. The van der Waals surface area contributed by atoms with Crippen molar-refractivity contribution < 1.29 is 4.74 Å². The first-order chi connectivity index (χ1) is 11.9. The van der Waals surface area contributed by atoms with E-state index in [1.165, 1.54) is 24.0 Å². The lowest BCUT2D eigenvalue weighted by molar-refractivity contribution is 0.156. The minimum Gasteiger partial charge on any atom is -0.381 e. The fraction of sp³-hybridized carbons (Fsp3) is 0.667. The summed E-state index contributed by atoms with van der Waals surface area (Å²) in [6, 6.07) is 8.80. The van der Waals surface area contributed by atoms with Crippen LogP contribution < -0.4 is 5.32 Å². The molecular formula is C21H34IN3O. The van der Waals surface area contributed by atoms with Crippen molar-refractivity contribution in [1.82, 2.24) is 10.2 Å². The van der Waals surface area contributed by atoms with E-state index in [9.17, 15) is 0 Å². The first-order valence-electron chi connectivity index (χ1n) is 9.62. The number of benzene rings is 1. The van der Waals surface area contributed by atoms with Crippen LogP contribution in [0.4, 0.5) is 0 Å². The molecule has 2 fully saturated rings. The van der Waals surface area contributed by atoms with Crippen molar-refractivity contribution in [2.45, 2.75) is 46.0 Å². The van der Waals surface area contributed by atoms with Crippen molar-refractivity contribution in [3.8, 4) is 0 Å². The molecule has 2 saturated heterocycles. The summed E-state index contributed by atoms with van der Waals surface area (Å²) < 4.78 is 5.67. The Morgan fingerprint density at radius 3 is 2.81 bits per heavy atom. The summed E-state index contributed by atoms with van der Waals surface area (Å²) in [6.07, 6.45) is 2.41. The zero-order valence-corrected chi connectivity index (χ0v) is 19.0. The third-order valence-corrected chi connectivity index (χ3v) is 5.68. The third kappa shape index (κ3) is 4.91. The van der Waals surface area contributed by atoms with E-state index >= 15 is 0 Å². The van der Waals surface area contributed by atoms with Crippen LogP contribution in [0.5, 0.6) is 0 Å². The van der Waals surface area contributed by atoms with Gasteiger partial charge in [-0.1, -0.05) is 43.7 Å². The number of rotatable bonds is 4. The Balaban J connectivity index is 0.00000243. The molecule has 1 atom stereocenters. The minimum atomic E-state index is 0. The SMILES string of the molecule is CCNC(=NCC(C)(C)c1cccc(C)c1)N1CCC2(CCOC2)C1.I. The Morgan fingerprint density at radius 2 is 2.15 bits per heavy atom. The standard InChI is InChI=1S/C21H33N3O.HI/c1-5-22-19(24-11-9-21(15-24)10-12-25-16-21)23-14-20(3,4)18-8-6-7-17(2)13-18;/h6-8,13H,5,9-12,14-16H2,1-4H3,(H,22,23);1H. The van der Waals surface area contributed by atoms with E-state index in [2.05, 4.69) is 62.2 Å². The van der Waals surface area contributed by atoms with Gasteiger partial charge in [0.2, 0.25) is 0 Å². The number of hydrogen-bond acceptors (Lipinski definition) is 2. The monoisotopic (exact) mass is 471 g/mol. The number of nitrogens with zero attached hydrogens (tertiary/aromatic N) is 2. The number of likely N-dealkylation sites (tertiary alicyclic amines) is 1. The van der Waals surface area contributed by atoms with Crippen LogP contribution in [0, 0.1) is 12.3 Å². The minimum absolute atomic E-state index is 0. The van der Waals surface area contributed by atoms with Gasteiger partial charge < -0.3 is 15.0 Å². The van der Waals surface area contributed by atoms with E-state index < -0.39 is 0 Å². The van der Waals surface area contributed by atoms with Crippen molar-refractivity contribution >= 4 is 29.9 Å². The van der Waals surface area contributed by atoms with Crippen molar-refractivity contribution in [3.05, 3.63) is 35.4 Å². The highest BCUT2D eigenvalue weighted by Gasteiger charge is 2.42. The quantitative estimate of drug-likeness (QED) is 0.410. The highest BCUT2D eigenvalue weighted by Crippen LogP contribution is 2.38. The lowest BCUT2D eigenvalue weighted by Crippen LogP contribution is -2.42. The average molecular weight is 471 g/mol. The van der Waals surface area contributed by atoms with Crippen LogP contribution >= 0.6 is 24.0 Å². The molecule has 5 heteroatoms. The van der Waals surface area contributed by atoms with Gasteiger partial charge in [-0.05, 0) is 32.3 Å². The molecular weight excluding hydrogens is 437 g/mol. The van der Waals surface area contributed by atoms with Crippen molar-refractivity contribution in [2.75, 3.05) is 39.4 Å². The fourth-order valence-electron chi connectivity index (χ4n) is 3.94. The largest absolute Gasteiger partial charge is 0.381 e. The molecule has 1 aromatic carbocycles. The first-order valence-corrected chi connectivity index (χ1v) is 9.62. The molecule has 26 heavy (non-hydrogen) atoms. The van der Waals surface area contributed by atoms with Crippen molar-refractivity contribution in [2.24, 2.45) is 10.4 Å². The number of hydrogen-bond donors (Lipinski definition) is 1. The normalized spacial score (nSPS) is 23.4. The molecule has 2 aliphatic heterocycles. The number of nitrogens with one attached hydrogen (secondary N) is 1. The number of ether oxygens (including phenoxy) is 1. The van der Waals surface area contributed by atoms with Crippen molar-refractivity contribution in [3.63, 3.8) is 0 Å². The van der Waals surface area contributed by atoms with Crippen LogP contribution in [0.1, 0.15) is 44.7 Å². The van der Waals surface area contributed by atoms with Gasteiger partial charge in [0, 0.05) is 37.1 Å². The third-order valence-electron chi connectivity index (χ3n) is 5.68. The van der Waals surface area contributed by atoms with E-state index in [1.54, 1.807) is 0 Å². The van der Waals surface area contributed by atoms with E-state index in [4.69, 9.17) is 9.73 Å². The molecule has 2 heterocycles. The molecule has 0 radical (unpaired) electrons. The molecule has 3 rings (SSSR count). The highest BCUT2D eigenvalue weighted by atomic mass is 127. The van der Waals surface area contributed by atoms with Crippen LogP contribution in [0.2, 0.25) is 0 Å². The second-order valence-electron chi connectivity index (χ2n) is 8.40. The summed E-state index contributed by atoms with van der Waals surface area (Å²) >= 11 is 0.